The highest BCUT2D eigenvalue weighted by Gasteiger charge is 2.25. The van der Waals surface area contributed by atoms with E-state index in [-0.39, 0.29) is 5.92 Å². The predicted octanol–water partition coefficient (Wildman–Crippen LogP) is 7.00. The Hall–Kier alpha value is -1.46. The van der Waals surface area contributed by atoms with Gasteiger partial charge in [-0.25, -0.2) is 13.2 Å². The lowest BCUT2D eigenvalue weighted by molar-refractivity contribution is -0.125. The van der Waals surface area contributed by atoms with Crippen molar-refractivity contribution in [3.05, 3.63) is 47.0 Å². The van der Waals surface area contributed by atoms with Gasteiger partial charge in [-0.15, -0.1) is 0 Å². The molecule has 2 rings (SSSR count). The molecular weight excluding hydrogens is 342 g/mol. The fourth-order valence-electron chi connectivity index (χ4n) is 3.44. The molecule has 0 N–H and O–H groups in total. The minimum absolute atomic E-state index is 0.0506. The first-order valence-electron chi connectivity index (χ1n) is 8.55. The molecule has 1 aromatic rings. The van der Waals surface area contributed by atoms with Crippen LogP contribution in [0.1, 0.15) is 62.0 Å². The lowest BCUT2D eigenvalue weighted by Gasteiger charge is -2.29. The Kier molecular flexibility index (Phi) is 6.96. The van der Waals surface area contributed by atoms with E-state index in [1.54, 1.807) is 6.08 Å². The van der Waals surface area contributed by atoms with Crippen LogP contribution < -0.4 is 0 Å². The summed E-state index contributed by atoms with van der Waals surface area (Å²) in [7, 11) is 0. The molecule has 6 heteroatoms. The van der Waals surface area contributed by atoms with E-state index in [9.17, 15) is 26.3 Å². The van der Waals surface area contributed by atoms with E-state index in [0.717, 1.165) is 38.2 Å². The topological polar surface area (TPSA) is 0 Å². The van der Waals surface area contributed by atoms with E-state index in [1.807, 2.05) is 0 Å². The van der Waals surface area contributed by atoms with Crippen LogP contribution in [0.2, 0.25) is 0 Å². The average Bonchev–Trinajstić information content (AvgIpc) is 2.54. The fraction of sp³-hybridized carbons (Fsp3) is 0.579. The van der Waals surface area contributed by atoms with Crippen molar-refractivity contribution >= 4 is 0 Å². The maximum absolute atomic E-state index is 13.7. The van der Waals surface area contributed by atoms with Crippen LogP contribution in [0, 0.1) is 17.6 Å². The minimum Gasteiger partial charge on any atom is -0.246 e. The molecule has 1 aliphatic carbocycles. The molecule has 0 heterocycles. The fourth-order valence-corrected chi connectivity index (χ4v) is 3.44. The molecule has 0 unspecified atom stereocenters. The SMILES string of the molecule is FCc1c(F)cc(C2CCC(CCC=CCC(F)(F)F)CC2)cc1F. The molecule has 1 aromatic carbocycles. The van der Waals surface area contributed by atoms with Gasteiger partial charge in [-0.1, -0.05) is 12.2 Å². The van der Waals surface area contributed by atoms with Crippen molar-refractivity contribution in [3.8, 4) is 0 Å². The molecule has 0 amide bonds. The van der Waals surface area contributed by atoms with Crippen LogP contribution in [0.3, 0.4) is 0 Å². The van der Waals surface area contributed by atoms with Gasteiger partial charge in [0.15, 0.2) is 0 Å². The Labute approximate surface area is 143 Å². The molecule has 0 atom stereocenters. The molecule has 0 radical (unpaired) electrons. The average molecular weight is 364 g/mol. The first-order chi connectivity index (χ1) is 11.8. The Bertz CT molecular complexity index is 559. The molecule has 0 spiro atoms. The summed E-state index contributed by atoms with van der Waals surface area (Å²) in [6.07, 6.45) is 2.43. The Morgan fingerprint density at radius 3 is 2.08 bits per heavy atom. The normalized spacial score (nSPS) is 21.8. The van der Waals surface area contributed by atoms with Crippen molar-refractivity contribution in [2.75, 3.05) is 0 Å². The second-order valence-corrected chi connectivity index (χ2v) is 6.68. The molecule has 1 fully saturated rings. The van der Waals surface area contributed by atoms with Gasteiger partial charge in [0.05, 0.1) is 12.0 Å². The van der Waals surface area contributed by atoms with Crippen molar-refractivity contribution < 1.29 is 26.3 Å². The van der Waals surface area contributed by atoms with Gasteiger partial charge in [-0.2, -0.15) is 13.2 Å². The summed E-state index contributed by atoms with van der Waals surface area (Å²) in [5.74, 6) is -1.20. The molecule has 0 aromatic heterocycles. The van der Waals surface area contributed by atoms with Gasteiger partial charge in [0, 0.05) is 0 Å². The van der Waals surface area contributed by atoms with Crippen LogP contribution in [-0.2, 0) is 6.67 Å². The van der Waals surface area contributed by atoms with E-state index >= 15 is 0 Å². The molecule has 0 bridgehead atoms. The first-order valence-corrected chi connectivity index (χ1v) is 8.55. The number of halogens is 6. The van der Waals surface area contributed by atoms with Gasteiger partial charge in [0.25, 0.3) is 0 Å². The van der Waals surface area contributed by atoms with Crippen molar-refractivity contribution in [1.82, 2.24) is 0 Å². The standard InChI is InChI=1S/C19H22F6/c20-12-16-17(21)10-15(11-18(16)22)14-7-5-13(6-8-14)4-2-1-3-9-19(23,24)25/h1,3,10-11,13-14H,2,4-9,12H2. The third kappa shape index (κ3) is 6.08. The van der Waals surface area contributed by atoms with E-state index in [1.165, 1.54) is 12.1 Å². The molecular formula is C19H22F6. The maximum atomic E-state index is 13.7. The Morgan fingerprint density at radius 1 is 0.960 bits per heavy atom. The second kappa shape index (κ2) is 8.77. The summed E-state index contributed by atoms with van der Waals surface area (Å²) >= 11 is 0. The van der Waals surface area contributed by atoms with Crippen molar-refractivity contribution in [3.63, 3.8) is 0 Å². The number of alkyl halides is 4. The molecule has 0 saturated heterocycles. The molecule has 140 valence electrons. The summed E-state index contributed by atoms with van der Waals surface area (Å²) in [6.45, 7) is -1.16. The van der Waals surface area contributed by atoms with Crippen LogP contribution in [-0.4, -0.2) is 6.18 Å². The number of hydrogen-bond donors (Lipinski definition) is 0. The molecule has 0 aliphatic heterocycles. The zero-order valence-electron chi connectivity index (χ0n) is 13.9. The van der Waals surface area contributed by atoms with Crippen LogP contribution >= 0.6 is 0 Å². The summed E-state index contributed by atoms with van der Waals surface area (Å²) in [6, 6.07) is 2.45. The number of allylic oxidation sites excluding steroid dienone is 2. The quantitative estimate of drug-likeness (QED) is 0.377. The minimum atomic E-state index is -4.16. The summed E-state index contributed by atoms with van der Waals surface area (Å²) in [5, 5.41) is 0. The molecule has 1 saturated carbocycles. The molecule has 0 nitrogen and oxygen atoms in total. The zero-order chi connectivity index (χ0) is 18.4. The smallest absolute Gasteiger partial charge is 0.246 e. The van der Waals surface area contributed by atoms with Gasteiger partial charge in [0.1, 0.15) is 18.3 Å². The largest absolute Gasteiger partial charge is 0.392 e. The van der Waals surface area contributed by atoms with Gasteiger partial charge >= 0.3 is 6.18 Å². The first kappa shape index (κ1) is 19.9. The highest BCUT2D eigenvalue weighted by atomic mass is 19.4. The number of rotatable bonds is 6. The van der Waals surface area contributed by atoms with Crippen molar-refractivity contribution in [1.29, 1.82) is 0 Å². The van der Waals surface area contributed by atoms with Crippen LogP contribution in [0.5, 0.6) is 0 Å². The lowest BCUT2D eigenvalue weighted by atomic mass is 9.77. The van der Waals surface area contributed by atoms with Gasteiger partial charge in [0.2, 0.25) is 0 Å². The highest BCUT2D eigenvalue weighted by molar-refractivity contribution is 5.28. The van der Waals surface area contributed by atoms with Gasteiger partial charge in [-0.05, 0) is 68.1 Å². The number of benzene rings is 1. The maximum Gasteiger partial charge on any atom is 0.392 e. The summed E-state index contributed by atoms with van der Waals surface area (Å²) in [4.78, 5) is 0. The Balaban J connectivity index is 1.80. The molecule has 1 aliphatic rings. The summed E-state index contributed by atoms with van der Waals surface area (Å²) in [5.41, 5.74) is 0.0406. The van der Waals surface area contributed by atoms with Crippen molar-refractivity contribution in [2.24, 2.45) is 5.92 Å². The van der Waals surface area contributed by atoms with E-state index < -0.39 is 36.5 Å². The van der Waals surface area contributed by atoms with Gasteiger partial charge in [-0.3, -0.25) is 0 Å². The highest BCUT2D eigenvalue weighted by Crippen LogP contribution is 2.38. The predicted molar refractivity (Wildman–Crippen MR) is 84.9 cm³/mol. The summed E-state index contributed by atoms with van der Waals surface area (Å²) < 4.78 is 76.0. The van der Waals surface area contributed by atoms with Crippen LogP contribution in [0.4, 0.5) is 26.3 Å². The number of hydrogen-bond acceptors (Lipinski definition) is 0. The van der Waals surface area contributed by atoms with E-state index in [0.29, 0.717) is 17.9 Å². The van der Waals surface area contributed by atoms with Gasteiger partial charge < -0.3 is 0 Å². The molecule has 25 heavy (non-hydrogen) atoms. The Morgan fingerprint density at radius 2 is 1.56 bits per heavy atom. The van der Waals surface area contributed by atoms with Crippen LogP contribution in [0.15, 0.2) is 24.3 Å². The third-order valence-electron chi connectivity index (χ3n) is 4.87. The van der Waals surface area contributed by atoms with E-state index in [2.05, 4.69) is 0 Å². The monoisotopic (exact) mass is 364 g/mol. The zero-order valence-corrected chi connectivity index (χ0v) is 13.9. The van der Waals surface area contributed by atoms with Crippen LogP contribution in [0.25, 0.3) is 0 Å². The van der Waals surface area contributed by atoms with Crippen molar-refractivity contribution in [2.45, 2.75) is 63.7 Å². The second-order valence-electron chi connectivity index (χ2n) is 6.68. The lowest BCUT2D eigenvalue weighted by Crippen LogP contribution is -2.14. The van der Waals surface area contributed by atoms with E-state index in [4.69, 9.17) is 0 Å². The third-order valence-corrected chi connectivity index (χ3v) is 4.87.